The van der Waals surface area contributed by atoms with Crippen LogP contribution in [0.3, 0.4) is 0 Å². The van der Waals surface area contributed by atoms with Crippen molar-refractivity contribution in [2.75, 3.05) is 18.0 Å². The quantitative estimate of drug-likeness (QED) is 0.821. The minimum atomic E-state index is -1.02. The molecule has 2 N–H and O–H groups in total. The van der Waals surface area contributed by atoms with Crippen LogP contribution in [0, 0.1) is 13.8 Å². The number of amides is 1. The van der Waals surface area contributed by atoms with Gasteiger partial charge in [0.2, 0.25) is 5.91 Å². The van der Waals surface area contributed by atoms with Crippen molar-refractivity contribution < 1.29 is 14.7 Å². The van der Waals surface area contributed by atoms with Crippen LogP contribution in [0.4, 0.5) is 5.82 Å². The molecule has 1 amide bonds. The van der Waals surface area contributed by atoms with Crippen LogP contribution in [0.15, 0.2) is 6.07 Å². The summed E-state index contributed by atoms with van der Waals surface area (Å²) in [6, 6.07) is 1.32. The normalized spacial score (nSPS) is 19.2. The summed E-state index contributed by atoms with van der Waals surface area (Å²) in [7, 11) is 0. The first kappa shape index (κ1) is 13.3. The number of aromatic carboxylic acids is 1. The molecule has 1 aromatic rings. The van der Waals surface area contributed by atoms with Crippen LogP contribution < -0.4 is 10.2 Å². The molecule has 1 aliphatic heterocycles. The van der Waals surface area contributed by atoms with Crippen LogP contribution in [-0.4, -0.2) is 41.1 Å². The molecule has 102 valence electrons. The minimum Gasteiger partial charge on any atom is -0.478 e. The molecule has 1 unspecified atom stereocenters. The molecule has 0 spiro atoms. The van der Waals surface area contributed by atoms with Gasteiger partial charge in [0.25, 0.3) is 0 Å². The summed E-state index contributed by atoms with van der Waals surface area (Å²) in [6.45, 7) is 6.37. The summed E-state index contributed by atoms with van der Waals surface area (Å²) in [5.41, 5.74) is 1.58. The van der Waals surface area contributed by atoms with E-state index in [1.165, 1.54) is 0 Å². The Bertz CT molecular complexity index is 542. The fourth-order valence-electron chi connectivity index (χ4n) is 2.36. The molecule has 0 radical (unpaired) electrons. The number of nitrogens with one attached hydrogen (secondary N) is 1. The van der Waals surface area contributed by atoms with Gasteiger partial charge in [0, 0.05) is 18.8 Å². The number of carboxylic acid groups (broad SMARTS) is 1. The van der Waals surface area contributed by atoms with Gasteiger partial charge in [0.15, 0.2) is 0 Å². The fourth-order valence-corrected chi connectivity index (χ4v) is 2.36. The average molecular weight is 263 g/mol. The second-order valence-electron chi connectivity index (χ2n) is 4.74. The highest BCUT2D eigenvalue weighted by molar-refractivity contribution is 5.96. The van der Waals surface area contributed by atoms with Gasteiger partial charge < -0.3 is 15.3 Å². The van der Waals surface area contributed by atoms with Crippen LogP contribution in [0.25, 0.3) is 0 Å². The van der Waals surface area contributed by atoms with Crippen LogP contribution in [0.1, 0.15) is 28.5 Å². The van der Waals surface area contributed by atoms with Gasteiger partial charge in [-0.3, -0.25) is 4.79 Å². The number of carbonyl (C=O) groups excluding carboxylic acids is 1. The van der Waals surface area contributed by atoms with Crippen molar-refractivity contribution in [3.05, 3.63) is 22.9 Å². The molecule has 1 atom stereocenters. The van der Waals surface area contributed by atoms with Gasteiger partial charge in [0.05, 0.1) is 0 Å². The molecule has 6 heteroatoms. The Morgan fingerprint density at radius 3 is 2.84 bits per heavy atom. The number of aromatic nitrogens is 1. The third-order valence-electron chi connectivity index (χ3n) is 3.31. The lowest BCUT2D eigenvalue weighted by Crippen LogP contribution is -2.54. The molecular weight excluding hydrogens is 246 g/mol. The molecule has 0 saturated carbocycles. The van der Waals surface area contributed by atoms with E-state index in [4.69, 9.17) is 0 Å². The van der Waals surface area contributed by atoms with Crippen molar-refractivity contribution in [1.82, 2.24) is 10.3 Å². The molecule has 1 saturated heterocycles. The molecule has 19 heavy (non-hydrogen) atoms. The second kappa shape index (κ2) is 4.87. The standard InChI is InChI=1S/C13H17N3O3/c1-7-6-8(2)15-11(10(7)13(18)19)16-5-4-14-12(17)9(16)3/h6,9H,4-5H2,1-3H3,(H,14,17)(H,18,19). The summed E-state index contributed by atoms with van der Waals surface area (Å²) in [6.07, 6.45) is 0. The van der Waals surface area contributed by atoms with Crippen LogP contribution in [0.5, 0.6) is 0 Å². The monoisotopic (exact) mass is 263 g/mol. The van der Waals surface area contributed by atoms with Gasteiger partial charge >= 0.3 is 5.97 Å². The van der Waals surface area contributed by atoms with E-state index in [0.29, 0.717) is 24.5 Å². The van der Waals surface area contributed by atoms with Crippen molar-refractivity contribution in [2.24, 2.45) is 0 Å². The molecule has 6 nitrogen and oxygen atoms in total. The second-order valence-corrected chi connectivity index (χ2v) is 4.74. The number of rotatable bonds is 2. The Balaban J connectivity index is 2.54. The molecule has 1 aromatic heterocycles. The maximum Gasteiger partial charge on any atom is 0.339 e. The number of hydrogen-bond acceptors (Lipinski definition) is 4. The number of carbonyl (C=O) groups is 2. The minimum absolute atomic E-state index is 0.108. The third-order valence-corrected chi connectivity index (χ3v) is 3.31. The van der Waals surface area contributed by atoms with Gasteiger partial charge in [-0.1, -0.05) is 0 Å². The Morgan fingerprint density at radius 2 is 2.21 bits per heavy atom. The first-order valence-electron chi connectivity index (χ1n) is 6.17. The maximum atomic E-state index is 11.7. The van der Waals surface area contributed by atoms with Gasteiger partial charge in [-0.2, -0.15) is 0 Å². The molecule has 2 heterocycles. The number of hydrogen-bond donors (Lipinski definition) is 2. The molecule has 2 rings (SSSR count). The highest BCUT2D eigenvalue weighted by Gasteiger charge is 2.30. The van der Waals surface area contributed by atoms with E-state index in [2.05, 4.69) is 10.3 Å². The van der Waals surface area contributed by atoms with E-state index in [0.717, 1.165) is 5.69 Å². The molecule has 0 aromatic carbocycles. The van der Waals surface area contributed by atoms with E-state index in [9.17, 15) is 14.7 Å². The van der Waals surface area contributed by atoms with Crippen LogP contribution in [-0.2, 0) is 4.79 Å². The van der Waals surface area contributed by atoms with Crippen molar-refractivity contribution in [2.45, 2.75) is 26.8 Å². The Kier molecular flexibility index (Phi) is 3.42. The van der Waals surface area contributed by atoms with Crippen LogP contribution in [0.2, 0.25) is 0 Å². The predicted octanol–water partition coefficient (Wildman–Crippen LogP) is 0.721. The molecule has 1 aliphatic rings. The number of pyridine rings is 1. The zero-order valence-electron chi connectivity index (χ0n) is 11.2. The third kappa shape index (κ3) is 2.38. The Hall–Kier alpha value is -2.11. The average Bonchev–Trinajstić information content (AvgIpc) is 2.31. The molecular formula is C13H17N3O3. The molecule has 0 aliphatic carbocycles. The lowest BCUT2D eigenvalue weighted by atomic mass is 10.1. The number of aryl methyl sites for hydroxylation is 2. The van der Waals surface area contributed by atoms with Gasteiger partial charge in [-0.05, 0) is 32.4 Å². The fraction of sp³-hybridized carbons (Fsp3) is 0.462. The topological polar surface area (TPSA) is 82.5 Å². The lowest BCUT2D eigenvalue weighted by Gasteiger charge is -2.34. The summed E-state index contributed by atoms with van der Waals surface area (Å²) in [5, 5.41) is 12.1. The summed E-state index contributed by atoms with van der Waals surface area (Å²) in [5.74, 6) is -0.742. The number of carboxylic acids is 1. The maximum absolute atomic E-state index is 11.7. The van der Waals surface area contributed by atoms with Crippen molar-refractivity contribution >= 4 is 17.7 Å². The number of nitrogens with zero attached hydrogens (tertiary/aromatic N) is 2. The SMILES string of the molecule is Cc1cc(C)c(C(=O)O)c(N2CCNC(=O)C2C)n1. The van der Waals surface area contributed by atoms with Crippen molar-refractivity contribution in [3.8, 4) is 0 Å². The Morgan fingerprint density at radius 1 is 1.53 bits per heavy atom. The smallest absolute Gasteiger partial charge is 0.339 e. The first-order chi connectivity index (χ1) is 8.91. The predicted molar refractivity (Wildman–Crippen MR) is 70.5 cm³/mol. The molecule has 1 fully saturated rings. The van der Waals surface area contributed by atoms with Gasteiger partial charge in [-0.25, -0.2) is 9.78 Å². The molecule has 0 bridgehead atoms. The number of anilines is 1. The summed E-state index contributed by atoms with van der Waals surface area (Å²) >= 11 is 0. The largest absolute Gasteiger partial charge is 0.478 e. The van der Waals surface area contributed by atoms with E-state index < -0.39 is 12.0 Å². The van der Waals surface area contributed by atoms with Gasteiger partial charge in [0.1, 0.15) is 17.4 Å². The lowest BCUT2D eigenvalue weighted by molar-refractivity contribution is -0.122. The van der Waals surface area contributed by atoms with Crippen LogP contribution >= 0.6 is 0 Å². The zero-order chi connectivity index (χ0) is 14.2. The summed E-state index contributed by atoms with van der Waals surface area (Å²) in [4.78, 5) is 29.2. The highest BCUT2D eigenvalue weighted by Crippen LogP contribution is 2.25. The zero-order valence-corrected chi connectivity index (χ0v) is 11.2. The van der Waals surface area contributed by atoms with Crippen molar-refractivity contribution in [3.63, 3.8) is 0 Å². The van der Waals surface area contributed by atoms with E-state index in [1.807, 2.05) is 6.92 Å². The first-order valence-corrected chi connectivity index (χ1v) is 6.17. The van der Waals surface area contributed by atoms with E-state index >= 15 is 0 Å². The van der Waals surface area contributed by atoms with Crippen molar-refractivity contribution in [1.29, 1.82) is 0 Å². The van der Waals surface area contributed by atoms with E-state index in [-0.39, 0.29) is 11.5 Å². The highest BCUT2D eigenvalue weighted by atomic mass is 16.4. The van der Waals surface area contributed by atoms with E-state index in [1.54, 1.807) is 24.8 Å². The summed E-state index contributed by atoms with van der Waals surface area (Å²) < 4.78 is 0. The van der Waals surface area contributed by atoms with Gasteiger partial charge in [-0.15, -0.1) is 0 Å². The number of piperazine rings is 1. The Labute approximate surface area is 111 Å².